The fraction of sp³-hybridized carbons (Fsp3) is 0.238. The number of H-pyrrole nitrogens is 1. The van der Waals surface area contributed by atoms with Crippen LogP contribution in [0.25, 0.3) is 10.9 Å². The van der Waals surface area contributed by atoms with Gasteiger partial charge in [-0.2, -0.15) is 0 Å². The van der Waals surface area contributed by atoms with Gasteiger partial charge in [0.2, 0.25) is 0 Å². The third-order valence-electron chi connectivity index (χ3n) is 4.80. The summed E-state index contributed by atoms with van der Waals surface area (Å²) in [6, 6.07) is 13.4. The minimum atomic E-state index is 0.0417. The summed E-state index contributed by atoms with van der Waals surface area (Å²) in [5, 5.41) is 24.8. The molecule has 0 atom stereocenters. The summed E-state index contributed by atoms with van der Waals surface area (Å²) in [5.74, 6) is 0.0417. The summed E-state index contributed by atoms with van der Waals surface area (Å²) in [6.45, 7) is 1.69. The molecule has 0 amide bonds. The van der Waals surface area contributed by atoms with Gasteiger partial charge in [0.25, 0.3) is 0 Å². The number of aliphatic imine (C=N–C) groups is 1. The van der Waals surface area contributed by atoms with E-state index >= 15 is 0 Å². The largest absolute Gasteiger partial charge is 0.494 e. The number of aromatic hydroxyl groups is 1. The number of aliphatic hydroxyl groups excluding tert-OH is 1. The van der Waals surface area contributed by atoms with Crippen LogP contribution in [0.2, 0.25) is 0 Å². The van der Waals surface area contributed by atoms with Gasteiger partial charge in [-0.15, -0.1) is 0 Å². The van der Waals surface area contributed by atoms with Gasteiger partial charge < -0.3 is 24.9 Å². The standard InChI is InChI=1S/C21H21BrN4O3/c1-26(8-10-27)9-11-29-25-19-14-4-2-3-5-16(14)23-20(19)18-15-12-13(22)6-7-17(15)24-21(18)28/h2-7,12,24,27-28H,8-11H2,1H3. The number of hydrogen-bond donors (Lipinski definition) is 3. The van der Waals surface area contributed by atoms with Crippen LogP contribution in [0.4, 0.5) is 5.69 Å². The molecule has 150 valence electrons. The minimum absolute atomic E-state index is 0.0417. The Kier molecular flexibility index (Phi) is 5.66. The van der Waals surface area contributed by atoms with Crippen molar-refractivity contribution in [2.75, 3.05) is 33.4 Å². The Bertz CT molecular complexity index is 1110. The summed E-state index contributed by atoms with van der Waals surface area (Å²) in [5.41, 5.74) is 4.20. The van der Waals surface area contributed by atoms with E-state index in [1.54, 1.807) is 0 Å². The molecule has 0 bridgehead atoms. The fourth-order valence-electron chi connectivity index (χ4n) is 3.32. The summed E-state index contributed by atoms with van der Waals surface area (Å²) in [7, 11) is 1.91. The molecule has 1 aromatic heterocycles. The van der Waals surface area contributed by atoms with E-state index in [1.165, 1.54) is 0 Å². The van der Waals surface area contributed by atoms with Gasteiger partial charge in [0, 0.05) is 34.0 Å². The molecule has 29 heavy (non-hydrogen) atoms. The number of rotatable bonds is 7. The highest BCUT2D eigenvalue weighted by Gasteiger charge is 2.29. The van der Waals surface area contributed by atoms with E-state index in [0.29, 0.717) is 36.7 Å². The first-order valence-electron chi connectivity index (χ1n) is 9.27. The minimum Gasteiger partial charge on any atom is -0.494 e. The normalized spacial score (nSPS) is 14.6. The number of nitrogens with one attached hydrogen (secondary N) is 1. The van der Waals surface area contributed by atoms with Gasteiger partial charge in [0.15, 0.2) is 5.88 Å². The molecule has 3 aromatic rings. The molecule has 0 saturated heterocycles. The van der Waals surface area contributed by atoms with Gasteiger partial charge >= 0.3 is 0 Å². The summed E-state index contributed by atoms with van der Waals surface area (Å²) < 4.78 is 0.906. The molecule has 0 unspecified atom stereocenters. The van der Waals surface area contributed by atoms with Crippen molar-refractivity contribution >= 4 is 43.9 Å². The topological polar surface area (TPSA) is 93.4 Å². The van der Waals surface area contributed by atoms with Crippen LogP contribution in [-0.4, -0.2) is 64.9 Å². The summed E-state index contributed by atoms with van der Waals surface area (Å²) >= 11 is 3.49. The molecule has 2 heterocycles. The lowest BCUT2D eigenvalue weighted by molar-refractivity contribution is 0.112. The number of aliphatic hydroxyl groups is 1. The van der Waals surface area contributed by atoms with Gasteiger partial charge in [-0.1, -0.05) is 39.3 Å². The number of para-hydroxylation sites is 1. The van der Waals surface area contributed by atoms with E-state index in [2.05, 4.69) is 26.1 Å². The monoisotopic (exact) mass is 456 g/mol. The number of benzene rings is 2. The Morgan fingerprint density at radius 1 is 1.21 bits per heavy atom. The number of aromatic nitrogens is 1. The van der Waals surface area contributed by atoms with Crippen LogP contribution in [0.15, 0.2) is 57.1 Å². The lowest BCUT2D eigenvalue weighted by atomic mass is 10.0. The molecule has 1 aliphatic heterocycles. The van der Waals surface area contributed by atoms with Crippen molar-refractivity contribution in [1.82, 2.24) is 9.88 Å². The van der Waals surface area contributed by atoms with Crippen molar-refractivity contribution in [3.05, 3.63) is 58.1 Å². The SMILES string of the molecule is CN(CCO)CCON=C1C(c2c(O)[nH]c3ccc(Br)cc23)=Nc2ccccc21. The first kappa shape index (κ1) is 19.6. The molecule has 1 aliphatic rings. The molecule has 2 aromatic carbocycles. The maximum Gasteiger partial charge on any atom is 0.199 e. The van der Waals surface area contributed by atoms with Crippen LogP contribution < -0.4 is 0 Å². The van der Waals surface area contributed by atoms with E-state index in [9.17, 15) is 5.11 Å². The molecule has 7 nitrogen and oxygen atoms in total. The molecule has 0 fully saturated rings. The quantitative estimate of drug-likeness (QED) is 0.375. The van der Waals surface area contributed by atoms with Crippen molar-refractivity contribution in [1.29, 1.82) is 0 Å². The molecular formula is C21H21BrN4O3. The zero-order valence-corrected chi connectivity index (χ0v) is 17.5. The van der Waals surface area contributed by atoms with E-state index in [4.69, 9.17) is 14.9 Å². The Hall–Kier alpha value is -2.68. The maximum absolute atomic E-state index is 10.6. The summed E-state index contributed by atoms with van der Waals surface area (Å²) in [4.78, 5) is 15.3. The van der Waals surface area contributed by atoms with Gasteiger partial charge in [0.05, 0.1) is 17.9 Å². The van der Waals surface area contributed by atoms with Gasteiger partial charge in [-0.3, -0.25) is 0 Å². The van der Waals surface area contributed by atoms with Gasteiger partial charge in [0.1, 0.15) is 18.0 Å². The fourth-order valence-corrected chi connectivity index (χ4v) is 3.68. The Balaban J connectivity index is 1.70. The molecule has 0 saturated carbocycles. The van der Waals surface area contributed by atoms with Crippen molar-refractivity contribution in [2.24, 2.45) is 10.1 Å². The van der Waals surface area contributed by atoms with Gasteiger partial charge in [-0.25, -0.2) is 4.99 Å². The van der Waals surface area contributed by atoms with Crippen molar-refractivity contribution in [3.63, 3.8) is 0 Å². The Morgan fingerprint density at radius 2 is 2.03 bits per heavy atom. The maximum atomic E-state index is 10.6. The van der Waals surface area contributed by atoms with Crippen LogP contribution in [-0.2, 0) is 4.84 Å². The number of likely N-dealkylation sites (N-methyl/N-ethyl adjacent to an activating group) is 1. The van der Waals surface area contributed by atoms with Crippen molar-refractivity contribution in [2.45, 2.75) is 0 Å². The van der Waals surface area contributed by atoms with Crippen molar-refractivity contribution < 1.29 is 15.1 Å². The smallest absolute Gasteiger partial charge is 0.199 e. The highest BCUT2D eigenvalue weighted by atomic mass is 79.9. The van der Waals surface area contributed by atoms with Crippen LogP contribution >= 0.6 is 15.9 Å². The molecule has 4 rings (SSSR count). The lowest BCUT2D eigenvalue weighted by Crippen LogP contribution is -2.26. The van der Waals surface area contributed by atoms with Crippen LogP contribution in [0.3, 0.4) is 0 Å². The molecule has 0 radical (unpaired) electrons. The molecule has 8 heteroatoms. The van der Waals surface area contributed by atoms with E-state index in [-0.39, 0.29) is 12.5 Å². The predicted octanol–water partition coefficient (Wildman–Crippen LogP) is 3.42. The van der Waals surface area contributed by atoms with Crippen LogP contribution in [0, 0.1) is 0 Å². The first-order valence-corrected chi connectivity index (χ1v) is 10.1. The Morgan fingerprint density at radius 3 is 2.86 bits per heavy atom. The highest BCUT2D eigenvalue weighted by Crippen LogP contribution is 2.36. The number of fused-ring (bicyclic) bond motifs is 2. The molecule has 0 spiro atoms. The average molecular weight is 457 g/mol. The number of aromatic amines is 1. The predicted molar refractivity (Wildman–Crippen MR) is 117 cm³/mol. The van der Waals surface area contributed by atoms with E-state index in [1.807, 2.05) is 54.4 Å². The van der Waals surface area contributed by atoms with E-state index < -0.39 is 0 Å². The van der Waals surface area contributed by atoms with Gasteiger partial charge in [-0.05, 0) is 31.3 Å². The third-order valence-corrected chi connectivity index (χ3v) is 5.29. The summed E-state index contributed by atoms with van der Waals surface area (Å²) in [6.07, 6.45) is 0. The number of nitrogens with zero attached hydrogens (tertiary/aromatic N) is 3. The molecular weight excluding hydrogens is 436 g/mol. The zero-order chi connectivity index (χ0) is 20.4. The second-order valence-electron chi connectivity index (χ2n) is 6.82. The first-order chi connectivity index (χ1) is 14.1. The number of halogens is 1. The number of oxime groups is 1. The molecule has 0 aliphatic carbocycles. The van der Waals surface area contributed by atoms with Crippen LogP contribution in [0.5, 0.6) is 5.88 Å². The van der Waals surface area contributed by atoms with E-state index in [0.717, 1.165) is 26.6 Å². The van der Waals surface area contributed by atoms with Crippen LogP contribution in [0.1, 0.15) is 11.1 Å². The second kappa shape index (κ2) is 8.36. The zero-order valence-electron chi connectivity index (χ0n) is 15.9. The van der Waals surface area contributed by atoms with Crippen molar-refractivity contribution in [3.8, 4) is 5.88 Å². The lowest BCUT2D eigenvalue weighted by Gasteiger charge is -2.13. The Labute approximate surface area is 176 Å². The third kappa shape index (κ3) is 3.91. The number of hydrogen-bond acceptors (Lipinski definition) is 6. The highest BCUT2D eigenvalue weighted by molar-refractivity contribution is 9.10. The second-order valence-corrected chi connectivity index (χ2v) is 7.73. The molecule has 3 N–H and O–H groups in total. The average Bonchev–Trinajstić information content (AvgIpc) is 3.21.